The van der Waals surface area contributed by atoms with Crippen molar-refractivity contribution in [2.45, 2.75) is 24.3 Å². The Kier molecular flexibility index (Phi) is 5.11. The van der Waals surface area contributed by atoms with E-state index in [9.17, 15) is 12.8 Å². The van der Waals surface area contributed by atoms with E-state index in [1.54, 1.807) is 0 Å². The van der Waals surface area contributed by atoms with Crippen LogP contribution < -0.4 is 0 Å². The van der Waals surface area contributed by atoms with E-state index in [1.807, 2.05) is 12.4 Å². The second-order valence-corrected chi connectivity index (χ2v) is 9.97. The Morgan fingerprint density at radius 3 is 2.52 bits per heavy atom. The van der Waals surface area contributed by atoms with Gasteiger partial charge in [0.05, 0.1) is 11.1 Å². The number of halogens is 1. The van der Waals surface area contributed by atoms with Crippen molar-refractivity contribution in [1.82, 2.24) is 19.1 Å². The van der Waals surface area contributed by atoms with Crippen molar-refractivity contribution in [3.05, 3.63) is 72.9 Å². The topological polar surface area (TPSA) is 71.0 Å². The number of H-pyrrole nitrogens is 1. The second kappa shape index (κ2) is 7.94. The summed E-state index contributed by atoms with van der Waals surface area (Å²) in [5.41, 5.74) is 3.36. The van der Waals surface area contributed by atoms with Gasteiger partial charge in [-0.2, -0.15) is 9.40 Å². The molecule has 3 heterocycles. The molecule has 1 N–H and O–H groups in total. The minimum absolute atomic E-state index is 0.150. The highest BCUT2D eigenvalue weighted by atomic mass is 32.2. The van der Waals surface area contributed by atoms with Crippen LogP contribution >= 0.6 is 0 Å². The zero-order valence-corrected chi connectivity index (χ0v) is 17.7. The maximum atomic E-state index is 13.1. The molecule has 1 fully saturated rings. The predicted octanol–water partition coefficient (Wildman–Crippen LogP) is 4.27. The molecular formula is C23H23FN4O2S. The van der Waals surface area contributed by atoms with Crippen molar-refractivity contribution in [1.29, 1.82) is 0 Å². The first-order chi connectivity index (χ1) is 15.0. The second-order valence-electron chi connectivity index (χ2n) is 8.03. The SMILES string of the molecule is O=S(=O)(c1ccc(F)cc1)N1CCC(Cn2ccc3cc(-c4cn[nH]c4)ccc32)CC1. The van der Waals surface area contributed by atoms with Gasteiger partial charge in [-0.05, 0) is 66.8 Å². The summed E-state index contributed by atoms with van der Waals surface area (Å²) in [6.45, 7) is 1.82. The lowest BCUT2D eigenvalue weighted by Crippen LogP contribution is -2.39. The lowest BCUT2D eigenvalue weighted by atomic mass is 9.98. The van der Waals surface area contributed by atoms with Gasteiger partial charge in [-0.25, -0.2) is 12.8 Å². The van der Waals surface area contributed by atoms with Crippen LogP contribution in [0.1, 0.15) is 12.8 Å². The van der Waals surface area contributed by atoms with Gasteiger partial charge >= 0.3 is 0 Å². The van der Waals surface area contributed by atoms with Gasteiger partial charge in [-0.15, -0.1) is 0 Å². The highest BCUT2D eigenvalue weighted by molar-refractivity contribution is 7.89. The first-order valence-corrected chi connectivity index (χ1v) is 11.8. The number of nitrogens with one attached hydrogen (secondary N) is 1. The van der Waals surface area contributed by atoms with Gasteiger partial charge in [-0.1, -0.05) is 6.07 Å². The van der Waals surface area contributed by atoms with Crippen LogP contribution in [0.3, 0.4) is 0 Å². The molecule has 0 aliphatic carbocycles. The maximum Gasteiger partial charge on any atom is 0.243 e. The van der Waals surface area contributed by atoms with Crippen molar-refractivity contribution >= 4 is 20.9 Å². The number of rotatable bonds is 5. The van der Waals surface area contributed by atoms with Crippen LogP contribution in [0.2, 0.25) is 0 Å². The van der Waals surface area contributed by atoms with E-state index >= 15 is 0 Å². The van der Waals surface area contributed by atoms with E-state index in [4.69, 9.17) is 0 Å². The van der Waals surface area contributed by atoms with Gasteiger partial charge in [0.1, 0.15) is 5.82 Å². The lowest BCUT2D eigenvalue weighted by molar-refractivity contribution is 0.254. The number of aromatic amines is 1. The van der Waals surface area contributed by atoms with Crippen molar-refractivity contribution in [2.75, 3.05) is 13.1 Å². The van der Waals surface area contributed by atoms with E-state index in [0.717, 1.165) is 30.5 Å². The molecule has 160 valence electrons. The van der Waals surface area contributed by atoms with Gasteiger partial charge < -0.3 is 4.57 Å². The molecule has 0 bridgehead atoms. The predicted molar refractivity (Wildman–Crippen MR) is 117 cm³/mol. The molecule has 8 heteroatoms. The quantitative estimate of drug-likeness (QED) is 0.506. The van der Waals surface area contributed by atoms with Crippen molar-refractivity contribution in [3.63, 3.8) is 0 Å². The summed E-state index contributed by atoms with van der Waals surface area (Å²) < 4.78 is 42.5. The molecule has 0 spiro atoms. The number of hydrogen-bond acceptors (Lipinski definition) is 3. The zero-order valence-electron chi connectivity index (χ0n) is 16.9. The molecule has 1 aliphatic heterocycles. The van der Waals surface area contributed by atoms with Gasteiger partial charge in [0.15, 0.2) is 0 Å². The first-order valence-electron chi connectivity index (χ1n) is 10.3. The van der Waals surface area contributed by atoms with Crippen LogP contribution in [0.4, 0.5) is 4.39 Å². The van der Waals surface area contributed by atoms with Crippen molar-refractivity contribution < 1.29 is 12.8 Å². The fourth-order valence-electron chi connectivity index (χ4n) is 4.31. The van der Waals surface area contributed by atoms with Gasteiger partial charge in [0.25, 0.3) is 0 Å². The fourth-order valence-corrected chi connectivity index (χ4v) is 5.78. The average Bonchev–Trinajstić information content (AvgIpc) is 3.45. The highest BCUT2D eigenvalue weighted by Gasteiger charge is 2.29. The summed E-state index contributed by atoms with van der Waals surface area (Å²) in [6, 6.07) is 13.6. The summed E-state index contributed by atoms with van der Waals surface area (Å²) in [7, 11) is -3.57. The van der Waals surface area contributed by atoms with Crippen LogP contribution in [0.15, 0.2) is 72.0 Å². The van der Waals surface area contributed by atoms with E-state index in [1.165, 1.54) is 39.5 Å². The van der Waals surface area contributed by atoms with Gasteiger partial charge in [0, 0.05) is 48.5 Å². The first kappa shape index (κ1) is 20.0. The monoisotopic (exact) mass is 438 g/mol. The zero-order chi connectivity index (χ0) is 21.4. The number of sulfonamides is 1. The Balaban J connectivity index is 1.26. The number of fused-ring (bicyclic) bond motifs is 1. The molecule has 0 radical (unpaired) electrons. The summed E-state index contributed by atoms with van der Waals surface area (Å²) in [6.07, 6.45) is 7.39. The minimum atomic E-state index is -3.57. The number of aromatic nitrogens is 3. The minimum Gasteiger partial charge on any atom is -0.347 e. The normalized spacial score (nSPS) is 16.2. The molecule has 0 saturated carbocycles. The molecule has 1 aliphatic rings. The Morgan fingerprint density at radius 1 is 1.03 bits per heavy atom. The number of hydrogen-bond donors (Lipinski definition) is 1. The maximum absolute atomic E-state index is 13.1. The van der Waals surface area contributed by atoms with Crippen LogP contribution in [0, 0.1) is 11.7 Å². The van der Waals surface area contributed by atoms with Crippen LogP contribution in [0.25, 0.3) is 22.0 Å². The molecule has 1 saturated heterocycles. The molecule has 2 aromatic carbocycles. The van der Waals surface area contributed by atoms with E-state index in [-0.39, 0.29) is 4.90 Å². The Morgan fingerprint density at radius 2 is 1.81 bits per heavy atom. The molecule has 0 unspecified atom stereocenters. The standard InChI is InChI=1S/C23H23FN4O2S/c24-21-2-4-22(5-3-21)31(29,30)28-11-7-17(8-12-28)16-27-10-9-19-13-18(1-6-23(19)27)20-14-25-26-15-20/h1-6,9-10,13-15,17H,7-8,11-12,16H2,(H,25,26). The smallest absolute Gasteiger partial charge is 0.243 e. The molecule has 0 amide bonds. The largest absolute Gasteiger partial charge is 0.347 e. The Bertz CT molecular complexity index is 1290. The van der Waals surface area contributed by atoms with Crippen LogP contribution in [-0.2, 0) is 16.6 Å². The third-order valence-corrected chi connectivity index (χ3v) is 8.00. The van der Waals surface area contributed by atoms with Gasteiger partial charge in [-0.3, -0.25) is 5.10 Å². The fraction of sp³-hybridized carbons (Fsp3) is 0.261. The Hall–Kier alpha value is -2.97. The summed E-state index contributed by atoms with van der Waals surface area (Å²) in [5, 5.41) is 8.03. The third-order valence-electron chi connectivity index (χ3n) is 6.08. The van der Waals surface area contributed by atoms with Crippen molar-refractivity contribution in [2.24, 2.45) is 5.92 Å². The number of nitrogens with zero attached hydrogens (tertiary/aromatic N) is 3. The highest BCUT2D eigenvalue weighted by Crippen LogP contribution is 2.28. The summed E-state index contributed by atoms with van der Waals surface area (Å²) in [4.78, 5) is 0.150. The molecule has 31 heavy (non-hydrogen) atoms. The molecular weight excluding hydrogens is 415 g/mol. The van der Waals surface area contributed by atoms with Crippen molar-refractivity contribution in [3.8, 4) is 11.1 Å². The van der Waals surface area contributed by atoms with Crippen LogP contribution in [0.5, 0.6) is 0 Å². The summed E-state index contributed by atoms with van der Waals surface area (Å²) in [5.74, 6) is -0.0303. The lowest BCUT2D eigenvalue weighted by Gasteiger charge is -2.31. The number of piperidine rings is 1. The molecule has 6 nitrogen and oxygen atoms in total. The Labute approximate surface area is 180 Å². The average molecular weight is 439 g/mol. The van der Waals surface area contributed by atoms with Gasteiger partial charge in [0.2, 0.25) is 10.0 Å². The van der Waals surface area contributed by atoms with E-state index in [2.05, 4.69) is 45.2 Å². The van der Waals surface area contributed by atoms with E-state index < -0.39 is 15.8 Å². The number of benzene rings is 2. The van der Waals surface area contributed by atoms with E-state index in [0.29, 0.717) is 19.0 Å². The molecule has 2 aromatic heterocycles. The third kappa shape index (κ3) is 3.88. The molecule has 0 atom stereocenters. The summed E-state index contributed by atoms with van der Waals surface area (Å²) >= 11 is 0. The molecule has 5 rings (SSSR count). The van der Waals surface area contributed by atoms with Crippen LogP contribution in [-0.4, -0.2) is 40.6 Å². The molecule has 4 aromatic rings.